The zero-order valence-electron chi connectivity index (χ0n) is 10.8. The fraction of sp³-hybridized carbons (Fsp3) is 0.357. The van der Waals surface area contributed by atoms with Gasteiger partial charge in [0.2, 0.25) is 5.91 Å². The standard InChI is InChI=1S/C14H14N2O3S/c15-5-6-20-9-13(17)16-8-11-4-2-1-3-10(11)7-12(16)14(18)19/h1-4,12H,6-9H2,(H,18,19). The van der Waals surface area contributed by atoms with Crippen molar-refractivity contribution in [1.82, 2.24) is 4.90 Å². The normalized spacial score (nSPS) is 17.1. The predicted octanol–water partition coefficient (Wildman–Crippen LogP) is 1.28. The average Bonchev–Trinajstić information content (AvgIpc) is 2.46. The van der Waals surface area contributed by atoms with Crippen LogP contribution in [0.2, 0.25) is 0 Å². The first-order valence-corrected chi connectivity index (χ1v) is 7.32. The molecule has 104 valence electrons. The molecule has 5 nitrogen and oxygen atoms in total. The quantitative estimate of drug-likeness (QED) is 0.845. The third-order valence-corrected chi connectivity index (χ3v) is 4.03. The van der Waals surface area contributed by atoms with Gasteiger partial charge < -0.3 is 10.0 Å². The molecule has 0 saturated carbocycles. The molecule has 1 amide bonds. The van der Waals surface area contributed by atoms with Crippen LogP contribution >= 0.6 is 11.8 Å². The van der Waals surface area contributed by atoms with E-state index in [1.54, 1.807) is 0 Å². The first kappa shape index (κ1) is 14.4. The summed E-state index contributed by atoms with van der Waals surface area (Å²) < 4.78 is 0. The maximum atomic E-state index is 12.1. The summed E-state index contributed by atoms with van der Waals surface area (Å²) in [4.78, 5) is 24.9. The molecule has 20 heavy (non-hydrogen) atoms. The van der Waals surface area contributed by atoms with E-state index in [1.807, 2.05) is 30.3 Å². The summed E-state index contributed by atoms with van der Waals surface area (Å²) in [5.41, 5.74) is 1.97. The number of carbonyl (C=O) groups is 2. The Labute approximate surface area is 121 Å². The second kappa shape index (κ2) is 6.44. The lowest BCUT2D eigenvalue weighted by molar-refractivity contribution is -0.150. The minimum Gasteiger partial charge on any atom is -0.480 e. The molecule has 0 saturated heterocycles. The van der Waals surface area contributed by atoms with Crippen molar-refractivity contribution in [3.63, 3.8) is 0 Å². The van der Waals surface area contributed by atoms with Crippen molar-refractivity contribution in [3.05, 3.63) is 35.4 Å². The second-order valence-corrected chi connectivity index (χ2v) is 5.49. The number of rotatable bonds is 4. The Kier molecular flexibility index (Phi) is 4.64. The van der Waals surface area contributed by atoms with Crippen molar-refractivity contribution in [2.24, 2.45) is 0 Å². The van der Waals surface area contributed by atoms with Gasteiger partial charge in [-0.2, -0.15) is 5.26 Å². The molecular weight excluding hydrogens is 276 g/mol. The van der Waals surface area contributed by atoms with E-state index >= 15 is 0 Å². The van der Waals surface area contributed by atoms with Gasteiger partial charge in [0.05, 0.1) is 17.6 Å². The lowest BCUT2D eigenvalue weighted by Gasteiger charge is -2.34. The molecule has 0 fully saturated rings. The number of amides is 1. The number of nitriles is 1. The van der Waals surface area contributed by atoms with Crippen molar-refractivity contribution in [1.29, 1.82) is 5.26 Å². The highest BCUT2D eigenvalue weighted by Crippen LogP contribution is 2.24. The first-order chi connectivity index (χ1) is 9.63. The highest BCUT2D eigenvalue weighted by molar-refractivity contribution is 8.00. The fourth-order valence-corrected chi connectivity index (χ4v) is 2.81. The van der Waals surface area contributed by atoms with Gasteiger partial charge in [0.1, 0.15) is 6.04 Å². The number of carboxylic acid groups (broad SMARTS) is 1. The van der Waals surface area contributed by atoms with E-state index in [-0.39, 0.29) is 17.4 Å². The molecule has 1 N–H and O–H groups in total. The van der Waals surface area contributed by atoms with Crippen LogP contribution < -0.4 is 0 Å². The highest BCUT2D eigenvalue weighted by Gasteiger charge is 2.34. The van der Waals surface area contributed by atoms with Gasteiger partial charge >= 0.3 is 5.97 Å². The number of hydrogen-bond acceptors (Lipinski definition) is 4. The lowest BCUT2D eigenvalue weighted by Crippen LogP contribution is -2.49. The van der Waals surface area contributed by atoms with Gasteiger partial charge in [-0.3, -0.25) is 4.79 Å². The summed E-state index contributed by atoms with van der Waals surface area (Å²) in [5.74, 6) is -0.849. The van der Waals surface area contributed by atoms with Crippen LogP contribution in [0, 0.1) is 11.3 Å². The highest BCUT2D eigenvalue weighted by atomic mass is 32.2. The van der Waals surface area contributed by atoms with Crippen molar-refractivity contribution in [3.8, 4) is 6.07 Å². The van der Waals surface area contributed by atoms with Crippen molar-refractivity contribution < 1.29 is 14.7 Å². The zero-order valence-corrected chi connectivity index (χ0v) is 11.6. The molecule has 2 rings (SSSR count). The number of carboxylic acids is 1. The van der Waals surface area contributed by atoms with E-state index in [4.69, 9.17) is 5.26 Å². The third-order valence-electron chi connectivity index (χ3n) is 3.25. The van der Waals surface area contributed by atoms with Crippen LogP contribution in [0.1, 0.15) is 11.1 Å². The molecule has 1 aromatic carbocycles. The number of benzene rings is 1. The number of hydrogen-bond donors (Lipinski definition) is 1. The summed E-state index contributed by atoms with van der Waals surface area (Å²) >= 11 is 1.20. The van der Waals surface area contributed by atoms with Crippen LogP contribution in [0.15, 0.2) is 24.3 Å². The fourth-order valence-electron chi connectivity index (χ4n) is 2.27. The van der Waals surface area contributed by atoms with Crippen LogP contribution in [-0.2, 0) is 22.6 Å². The number of aliphatic carboxylic acids is 1. The molecule has 1 heterocycles. The van der Waals surface area contributed by atoms with E-state index in [1.165, 1.54) is 16.7 Å². The second-order valence-electron chi connectivity index (χ2n) is 4.50. The Bertz CT molecular complexity index is 568. The summed E-state index contributed by atoms with van der Waals surface area (Å²) in [6, 6.07) is 8.70. The molecule has 1 atom stereocenters. The number of thioether (sulfide) groups is 1. The van der Waals surface area contributed by atoms with E-state index in [0.717, 1.165) is 11.1 Å². The summed E-state index contributed by atoms with van der Waals surface area (Å²) in [5, 5.41) is 17.8. The number of nitrogens with zero attached hydrogens (tertiary/aromatic N) is 2. The monoisotopic (exact) mass is 290 g/mol. The molecule has 0 aliphatic carbocycles. The van der Waals surface area contributed by atoms with Gasteiger partial charge in [-0.15, -0.1) is 11.8 Å². The Morgan fingerprint density at radius 2 is 2.10 bits per heavy atom. The van der Waals surface area contributed by atoms with Crippen LogP contribution in [-0.4, -0.2) is 39.4 Å². The van der Waals surface area contributed by atoms with E-state index < -0.39 is 12.0 Å². The Hall–Kier alpha value is -2.00. The first-order valence-electron chi connectivity index (χ1n) is 6.17. The maximum absolute atomic E-state index is 12.1. The van der Waals surface area contributed by atoms with Crippen molar-refractivity contribution in [2.45, 2.75) is 19.0 Å². The lowest BCUT2D eigenvalue weighted by atomic mass is 9.94. The van der Waals surface area contributed by atoms with E-state index in [0.29, 0.717) is 13.0 Å². The molecule has 1 aliphatic heterocycles. The Morgan fingerprint density at radius 3 is 2.75 bits per heavy atom. The van der Waals surface area contributed by atoms with Gasteiger partial charge in [-0.05, 0) is 11.1 Å². The molecule has 0 radical (unpaired) electrons. The summed E-state index contributed by atoms with van der Waals surface area (Å²) in [7, 11) is 0. The molecular formula is C14H14N2O3S. The predicted molar refractivity (Wildman–Crippen MR) is 75.1 cm³/mol. The Morgan fingerprint density at radius 1 is 1.40 bits per heavy atom. The van der Waals surface area contributed by atoms with Gasteiger partial charge in [0.15, 0.2) is 0 Å². The van der Waals surface area contributed by atoms with E-state index in [9.17, 15) is 14.7 Å². The third kappa shape index (κ3) is 3.11. The summed E-state index contributed by atoms with van der Waals surface area (Å²) in [6.07, 6.45) is 0.333. The van der Waals surface area contributed by atoms with Crippen molar-refractivity contribution in [2.75, 3.05) is 11.5 Å². The van der Waals surface area contributed by atoms with Gasteiger partial charge in [0.25, 0.3) is 0 Å². The van der Waals surface area contributed by atoms with E-state index in [2.05, 4.69) is 0 Å². The molecule has 1 aliphatic rings. The average molecular weight is 290 g/mol. The minimum absolute atomic E-state index is 0.138. The largest absolute Gasteiger partial charge is 0.480 e. The van der Waals surface area contributed by atoms with Crippen LogP contribution in [0.5, 0.6) is 0 Å². The summed E-state index contributed by atoms with van der Waals surface area (Å²) in [6.45, 7) is 0.319. The Balaban J connectivity index is 2.16. The smallest absolute Gasteiger partial charge is 0.326 e. The maximum Gasteiger partial charge on any atom is 0.326 e. The van der Waals surface area contributed by atoms with Crippen LogP contribution in [0.4, 0.5) is 0 Å². The number of fused-ring (bicyclic) bond motifs is 1. The topological polar surface area (TPSA) is 81.4 Å². The SMILES string of the molecule is N#CCSCC(=O)N1Cc2ccccc2CC1C(=O)O. The van der Waals surface area contributed by atoms with Gasteiger partial charge in [-0.25, -0.2) is 4.79 Å². The minimum atomic E-state index is -0.988. The molecule has 6 heteroatoms. The molecule has 0 spiro atoms. The van der Waals surface area contributed by atoms with Gasteiger partial charge in [0, 0.05) is 13.0 Å². The number of carbonyl (C=O) groups excluding carboxylic acids is 1. The van der Waals surface area contributed by atoms with Crippen LogP contribution in [0.25, 0.3) is 0 Å². The van der Waals surface area contributed by atoms with Gasteiger partial charge in [-0.1, -0.05) is 24.3 Å². The zero-order chi connectivity index (χ0) is 14.5. The van der Waals surface area contributed by atoms with Crippen molar-refractivity contribution >= 4 is 23.6 Å². The molecule has 0 aromatic heterocycles. The van der Waals surface area contributed by atoms with Crippen LogP contribution in [0.3, 0.4) is 0 Å². The molecule has 1 unspecified atom stereocenters. The molecule has 1 aromatic rings. The molecule has 0 bridgehead atoms.